The van der Waals surface area contributed by atoms with Crippen LogP contribution in [0.2, 0.25) is 0 Å². The summed E-state index contributed by atoms with van der Waals surface area (Å²) in [6, 6.07) is 8.68. The third-order valence-electron chi connectivity index (χ3n) is 4.21. The molecule has 0 atom stereocenters. The number of rotatable bonds is 7. The minimum atomic E-state index is -4.11. The first-order chi connectivity index (χ1) is 12.7. The fourth-order valence-electron chi connectivity index (χ4n) is 2.54. The standard InChI is InChI=1S/C19H23FN2O4S/c1-5-22(12-19(23)21-16-8-6-13(2)14(3)10-16)27(24,25)18-11-15(20)7-9-17(18)26-4/h6-11H,5,12H2,1-4H3,(H,21,23). The zero-order valence-electron chi connectivity index (χ0n) is 15.7. The molecule has 0 aliphatic carbocycles. The van der Waals surface area contributed by atoms with Crippen molar-refractivity contribution >= 4 is 21.6 Å². The predicted molar refractivity (Wildman–Crippen MR) is 102 cm³/mol. The van der Waals surface area contributed by atoms with E-state index in [2.05, 4.69) is 5.32 Å². The van der Waals surface area contributed by atoms with E-state index >= 15 is 0 Å². The van der Waals surface area contributed by atoms with Gasteiger partial charge in [-0.15, -0.1) is 0 Å². The number of anilines is 1. The van der Waals surface area contributed by atoms with Gasteiger partial charge in [-0.25, -0.2) is 12.8 Å². The van der Waals surface area contributed by atoms with Crippen LogP contribution in [-0.4, -0.2) is 38.8 Å². The Hall–Kier alpha value is -2.45. The molecule has 27 heavy (non-hydrogen) atoms. The van der Waals surface area contributed by atoms with Gasteiger partial charge in [0.15, 0.2) is 0 Å². The lowest BCUT2D eigenvalue weighted by Gasteiger charge is -2.21. The number of carbonyl (C=O) groups is 1. The third-order valence-corrected chi connectivity index (χ3v) is 6.15. The highest BCUT2D eigenvalue weighted by Gasteiger charge is 2.29. The van der Waals surface area contributed by atoms with Crippen LogP contribution in [0.4, 0.5) is 10.1 Å². The Balaban J connectivity index is 2.23. The normalized spacial score (nSPS) is 11.5. The van der Waals surface area contributed by atoms with E-state index in [0.29, 0.717) is 5.69 Å². The number of ether oxygens (including phenoxy) is 1. The van der Waals surface area contributed by atoms with Crippen molar-refractivity contribution in [3.05, 3.63) is 53.3 Å². The van der Waals surface area contributed by atoms with Gasteiger partial charge in [-0.1, -0.05) is 13.0 Å². The van der Waals surface area contributed by atoms with Crippen LogP contribution in [0.25, 0.3) is 0 Å². The molecule has 146 valence electrons. The Kier molecular flexibility index (Phi) is 6.56. The maximum Gasteiger partial charge on any atom is 0.247 e. The summed E-state index contributed by atoms with van der Waals surface area (Å²) in [6.07, 6.45) is 0. The number of sulfonamides is 1. The average molecular weight is 394 g/mol. The molecule has 1 amide bonds. The van der Waals surface area contributed by atoms with E-state index in [4.69, 9.17) is 4.74 Å². The lowest BCUT2D eigenvalue weighted by atomic mass is 10.1. The van der Waals surface area contributed by atoms with Gasteiger partial charge >= 0.3 is 0 Å². The highest BCUT2D eigenvalue weighted by atomic mass is 32.2. The molecule has 0 saturated carbocycles. The number of aryl methyl sites for hydroxylation is 2. The Bertz CT molecular complexity index is 945. The Labute approximate surface area is 159 Å². The Morgan fingerprint density at radius 2 is 1.85 bits per heavy atom. The number of halogens is 1. The minimum absolute atomic E-state index is 0.0180. The molecule has 0 heterocycles. The summed E-state index contributed by atoms with van der Waals surface area (Å²) in [7, 11) is -2.81. The maximum absolute atomic E-state index is 13.6. The van der Waals surface area contributed by atoms with E-state index in [-0.39, 0.29) is 17.2 Å². The molecule has 0 saturated heterocycles. The molecule has 0 unspecified atom stereocenters. The van der Waals surface area contributed by atoms with Gasteiger partial charge in [0.2, 0.25) is 15.9 Å². The van der Waals surface area contributed by atoms with Crippen LogP contribution in [-0.2, 0) is 14.8 Å². The first-order valence-electron chi connectivity index (χ1n) is 8.39. The first-order valence-corrected chi connectivity index (χ1v) is 9.83. The highest BCUT2D eigenvalue weighted by Crippen LogP contribution is 2.27. The maximum atomic E-state index is 13.6. The van der Waals surface area contributed by atoms with Gasteiger partial charge in [0, 0.05) is 12.2 Å². The molecule has 0 spiro atoms. The molecule has 0 bridgehead atoms. The molecule has 0 aromatic heterocycles. The van der Waals surface area contributed by atoms with Crippen molar-refractivity contribution in [2.24, 2.45) is 0 Å². The van der Waals surface area contributed by atoms with Crippen molar-refractivity contribution in [3.8, 4) is 5.75 Å². The monoisotopic (exact) mass is 394 g/mol. The number of hydrogen-bond donors (Lipinski definition) is 1. The summed E-state index contributed by atoms with van der Waals surface area (Å²) in [5.74, 6) is -1.17. The molecule has 2 aromatic carbocycles. The van der Waals surface area contributed by atoms with E-state index in [1.165, 1.54) is 13.2 Å². The van der Waals surface area contributed by atoms with Crippen molar-refractivity contribution < 1.29 is 22.3 Å². The molecule has 2 rings (SSSR count). The summed E-state index contributed by atoms with van der Waals surface area (Å²) in [5, 5.41) is 2.69. The van der Waals surface area contributed by atoms with Crippen molar-refractivity contribution in [3.63, 3.8) is 0 Å². The van der Waals surface area contributed by atoms with Gasteiger partial charge in [0.25, 0.3) is 0 Å². The number of methoxy groups -OCH3 is 1. The number of benzene rings is 2. The molecule has 6 nitrogen and oxygen atoms in total. The number of nitrogens with one attached hydrogen (secondary N) is 1. The smallest absolute Gasteiger partial charge is 0.247 e. The lowest BCUT2D eigenvalue weighted by Crippen LogP contribution is -2.38. The Morgan fingerprint density at radius 1 is 1.15 bits per heavy atom. The number of carbonyl (C=O) groups excluding carboxylic acids is 1. The van der Waals surface area contributed by atoms with Gasteiger partial charge in [-0.05, 0) is 55.3 Å². The van der Waals surface area contributed by atoms with E-state index in [1.807, 2.05) is 26.0 Å². The zero-order valence-corrected chi connectivity index (χ0v) is 16.6. The molecule has 2 aromatic rings. The van der Waals surface area contributed by atoms with Gasteiger partial charge in [-0.3, -0.25) is 4.79 Å². The average Bonchev–Trinajstić information content (AvgIpc) is 2.62. The van der Waals surface area contributed by atoms with E-state index < -0.39 is 28.3 Å². The lowest BCUT2D eigenvalue weighted by molar-refractivity contribution is -0.116. The Morgan fingerprint density at radius 3 is 2.44 bits per heavy atom. The highest BCUT2D eigenvalue weighted by molar-refractivity contribution is 7.89. The van der Waals surface area contributed by atoms with E-state index in [0.717, 1.165) is 27.6 Å². The van der Waals surface area contributed by atoms with Crippen LogP contribution >= 0.6 is 0 Å². The molecule has 1 N–H and O–H groups in total. The third kappa shape index (κ3) is 4.84. The van der Waals surface area contributed by atoms with E-state index in [9.17, 15) is 17.6 Å². The van der Waals surface area contributed by atoms with Crippen molar-refractivity contribution in [1.29, 1.82) is 0 Å². The fourth-order valence-corrected chi connectivity index (χ4v) is 4.11. The quantitative estimate of drug-likeness (QED) is 0.783. The van der Waals surface area contributed by atoms with Crippen LogP contribution in [0, 0.1) is 19.7 Å². The van der Waals surface area contributed by atoms with Crippen LogP contribution in [0.1, 0.15) is 18.1 Å². The van der Waals surface area contributed by atoms with Crippen LogP contribution < -0.4 is 10.1 Å². The molecule has 0 aliphatic rings. The van der Waals surface area contributed by atoms with Crippen molar-refractivity contribution in [2.45, 2.75) is 25.7 Å². The largest absolute Gasteiger partial charge is 0.495 e. The molecule has 0 fully saturated rings. The SMILES string of the molecule is CCN(CC(=O)Nc1ccc(C)c(C)c1)S(=O)(=O)c1cc(F)ccc1OC. The summed E-state index contributed by atoms with van der Waals surface area (Å²) in [4.78, 5) is 12.0. The molecule has 0 aliphatic heterocycles. The predicted octanol–water partition coefficient (Wildman–Crippen LogP) is 3.10. The van der Waals surface area contributed by atoms with Gasteiger partial charge < -0.3 is 10.1 Å². The molecular weight excluding hydrogens is 371 g/mol. The second kappa shape index (κ2) is 8.49. The first kappa shape index (κ1) is 20.9. The molecule has 0 radical (unpaired) electrons. The van der Waals surface area contributed by atoms with Crippen molar-refractivity contribution in [1.82, 2.24) is 4.31 Å². The van der Waals surface area contributed by atoms with Crippen LogP contribution in [0.15, 0.2) is 41.3 Å². The molecular formula is C19H23FN2O4S. The van der Waals surface area contributed by atoms with Gasteiger partial charge in [-0.2, -0.15) is 4.31 Å². The summed E-state index contributed by atoms with van der Waals surface area (Å²) in [6.45, 7) is 5.13. The van der Waals surface area contributed by atoms with Gasteiger partial charge in [0.05, 0.1) is 13.7 Å². The number of nitrogens with zero attached hydrogens (tertiary/aromatic N) is 1. The fraction of sp³-hybridized carbons (Fsp3) is 0.316. The second-order valence-corrected chi connectivity index (χ2v) is 7.98. The zero-order chi connectivity index (χ0) is 20.2. The van der Waals surface area contributed by atoms with Crippen LogP contribution in [0.5, 0.6) is 5.75 Å². The minimum Gasteiger partial charge on any atom is -0.495 e. The molecule has 8 heteroatoms. The summed E-state index contributed by atoms with van der Waals surface area (Å²) in [5.41, 5.74) is 2.68. The number of likely N-dealkylation sites (N-methyl/N-ethyl adjacent to an activating group) is 1. The number of amides is 1. The second-order valence-electron chi connectivity index (χ2n) is 6.07. The van der Waals surface area contributed by atoms with Crippen LogP contribution in [0.3, 0.4) is 0 Å². The van der Waals surface area contributed by atoms with Crippen molar-refractivity contribution in [2.75, 3.05) is 25.5 Å². The van der Waals surface area contributed by atoms with E-state index in [1.54, 1.807) is 13.0 Å². The summed E-state index contributed by atoms with van der Waals surface area (Å²) < 4.78 is 45.4. The summed E-state index contributed by atoms with van der Waals surface area (Å²) >= 11 is 0. The van der Waals surface area contributed by atoms with Gasteiger partial charge in [0.1, 0.15) is 16.5 Å². The topological polar surface area (TPSA) is 75.7 Å². The number of hydrogen-bond acceptors (Lipinski definition) is 4.